The summed E-state index contributed by atoms with van der Waals surface area (Å²) in [5, 5.41) is 13.8. The number of aromatic nitrogens is 1. The lowest BCUT2D eigenvalue weighted by molar-refractivity contribution is -0.142. The maximum atomic E-state index is 13.3. The van der Waals surface area contributed by atoms with E-state index in [1.807, 2.05) is 6.92 Å². The van der Waals surface area contributed by atoms with Crippen LogP contribution in [0.2, 0.25) is 0 Å². The fourth-order valence-electron chi connectivity index (χ4n) is 3.00. The van der Waals surface area contributed by atoms with Crippen LogP contribution >= 0.6 is 11.3 Å². The number of thiazole rings is 1. The van der Waals surface area contributed by atoms with Gasteiger partial charge in [0.1, 0.15) is 0 Å². The van der Waals surface area contributed by atoms with Gasteiger partial charge in [0.05, 0.1) is 18.2 Å². The third-order valence-electron chi connectivity index (χ3n) is 4.34. The van der Waals surface area contributed by atoms with Gasteiger partial charge < -0.3 is 10.4 Å². The second-order valence-electron chi connectivity index (χ2n) is 6.33. The molecule has 1 aromatic heterocycles. The second-order valence-corrected chi connectivity index (χ2v) is 7.19. The lowest BCUT2D eigenvalue weighted by Gasteiger charge is -2.13. The molecule has 1 fully saturated rings. The number of nitrogens with one attached hydrogen (secondary N) is 1. The second kappa shape index (κ2) is 7.46. The van der Waals surface area contributed by atoms with Gasteiger partial charge >= 0.3 is 5.97 Å². The summed E-state index contributed by atoms with van der Waals surface area (Å²) in [6, 6.07) is 3.49. The van der Waals surface area contributed by atoms with Crippen molar-refractivity contribution < 1.29 is 23.5 Å². The molecule has 1 saturated heterocycles. The zero-order valence-electron chi connectivity index (χ0n) is 13.9. The zero-order chi connectivity index (χ0) is 18.8. The lowest BCUT2D eigenvalue weighted by atomic mass is 9.99. The van der Waals surface area contributed by atoms with E-state index in [0.717, 1.165) is 12.1 Å². The lowest BCUT2D eigenvalue weighted by Crippen LogP contribution is -2.32. The summed E-state index contributed by atoms with van der Waals surface area (Å²) in [7, 11) is 0. The highest BCUT2D eigenvalue weighted by Crippen LogP contribution is 2.26. The summed E-state index contributed by atoms with van der Waals surface area (Å²) < 4.78 is 26.3. The Hall–Kier alpha value is -2.39. The minimum atomic E-state index is -0.961. The number of anilines is 1. The van der Waals surface area contributed by atoms with Crippen LogP contribution in [0, 0.1) is 23.5 Å². The highest BCUT2D eigenvalue weighted by molar-refractivity contribution is 7.14. The van der Waals surface area contributed by atoms with E-state index in [9.17, 15) is 18.4 Å². The fourth-order valence-corrected chi connectivity index (χ4v) is 3.73. The van der Waals surface area contributed by atoms with Crippen LogP contribution in [0.15, 0.2) is 23.6 Å². The summed E-state index contributed by atoms with van der Waals surface area (Å²) in [6.07, 6.45) is 0. The molecule has 2 aromatic rings. The summed E-state index contributed by atoms with van der Waals surface area (Å²) >= 11 is 1.17. The number of likely N-dealkylation sites (tertiary alicyclic amines) is 1. The zero-order valence-corrected chi connectivity index (χ0v) is 14.7. The first kappa shape index (κ1) is 18.4. The highest BCUT2D eigenvalue weighted by atomic mass is 32.1. The van der Waals surface area contributed by atoms with Gasteiger partial charge in [-0.05, 0) is 24.1 Å². The number of rotatable bonds is 5. The number of carbonyl (C=O) groups is 2. The van der Waals surface area contributed by atoms with Crippen LogP contribution in [-0.4, -0.2) is 46.5 Å². The van der Waals surface area contributed by atoms with Crippen LogP contribution in [0.4, 0.5) is 13.9 Å². The van der Waals surface area contributed by atoms with Crippen molar-refractivity contribution in [1.82, 2.24) is 9.88 Å². The average molecular weight is 381 g/mol. The first-order valence-corrected chi connectivity index (χ1v) is 8.87. The average Bonchev–Trinajstić information content (AvgIpc) is 3.16. The molecule has 1 aliphatic rings. The molecule has 0 aliphatic carbocycles. The van der Waals surface area contributed by atoms with E-state index in [2.05, 4.69) is 10.3 Å². The summed E-state index contributed by atoms with van der Waals surface area (Å²) in [6.45, 7) is 2.81. The first-order valence-electron chi connectivity index (χ1n) is 7.99. The van der Waals surface area contributed by atoms with Gasteiger partial charge in [-0.15, -0.1) is 11.3 Å². The predicted octanol–water partition coefficient (Wildman–Crippen LogP) is 2.68. The Bertz CT molecular complexity index is 842. The molecule has 0 spiro atoms. The number of hydrogen-bond acceptors (Lipinski definition) is 5. The van der Waals surface area contributed by atoms with Gasteiger partial charge in [0.15, 0.2) is 16.8 Å². The number of carboxylic acids is 1. The Morgan fingerprint density at radius 2 is 2.12 bits per heavy atom. The van der Waals surface area contributed by atoms with Crippen molar-refractivity contribution in [3.8, 4) is 11.3 Å². The summed E-state index contributed by atoms with van der Waals surface area (Å²) in [5.41, 5.74) is 0.850. The van der Waals surface area contributed by atoms with E-state index >= 15 is 0 Å². The van der Waals surface area contributed by atoms with Crippen LogP contribution in [0.3, 0.4) is 0 Å². The van der Waals surface area contributed by atoms with E-state index in [1.165, 1.54) is 17.4 Å². The molecule has 2 N–H and O–H groups in total. The molecule has 138 valence electrons. The monoisotopic (exact) mass is 381 g/mol. The number of carbonyl (C=O) groups excluding carboxylic acids is 1. The van der Waals surface area contributed by atoms with Gasteiger partial charge in [-0.2, -0.15) is 0 Å². The largest absolute Gasteiger partial charge is 0.481 e. The molecule has 26 heavy (non-hydrogen) atoms. The molecule has 1 aliphatic heterocycles. The van der Waals surface area contributed by atoms with Crippen LogP contribution < -0.4 is 5.32 Å². The number of carboxylic acid groups (broad SMARTS) is 1. The van der Waals surface area contributed by atoms with Crippen molar-refractivity contribution in [2.75, 3.05) is 25.0 Å². The van der Waals surface area contributed by atoms with Crippen molar-refractivity contribution in [1.29, 1.82) is 0 Å². The normalized spacial score (nSPS) is 20.3. The Morgan fingerprint density at radius 3 is 2.77 bits per heavy atom. The quantitative estimate of drug-likeness (QED) is 0.832. The molecular formula is C17H17F2N3O3S. The molecular weight excluding hydrogens is 364 g/mol. The van der Waals surface area contributed by atoms with Crippen LogP contribution in [0.25, 0.3) is 11.3 Å². The minimum Gasteiger partial charge on any atom is -0.481 e. The smallest absolute Gasteiger partial charge is 0.308 e. The van der Waals surface area contributed by atoms with E-state index in [-0.39, 0.29) is 18.4 Å². The maximum absolute atomic E-state index is 13.3. The molecule has 0 unspecified atom stereocenters. The number of amides is 1. The fraction of sp³-hybridized carbons (Fsp3) is 0.353. The Labute approximate surface area is 152 Å². The summed E-state index contributed by atoms with van der Waals surface area (Å²) in [5.74, 6) is -3.53. The van der Waals surface area contributed by atoms with Gasteiger partial charge in [-0.3, -0.25) is 14.5 Å². The third kappa shape index (κ3) is 4.05. The van der Waals surface area contributed by atoms with E-state index in [4.69, 9.17) is 5.11 Å². The molecule has 2 atom stereocenters. The number of nitrogens with zero attached hydrogens (tertiary/aromatic N) is 2. The maximum Gasteiger partial charge on any atom is 0.308 e. The van der Waals surface area contributed by atoms with Crippen molar-refractivity contribution >= 4 is 28.3 Å². The van der Waals surface area contributed by atoms with Crippen LogP contribution in [0.5, 0.6) is 0 Å². The van der Waals surface area contributed by atoms with Crippen molar-refractivity contribution in [2.24, 2.45) is 11.8 Å². The van der Waals surface area contributed by atoms with Crippen molar-refractivity contribution in [2.45, 2.75) is 6.92 Å². The van der Waals surface area contributed by atoms with Gasteiger partial charge in [0.25, 0.3) is 0 Å². The van der Waals surface area contributed by atoms with E-state index < -0.39 is 23.5 Å². The predicted molar refractivity (Wildman–Crippen MR) is 92.8 cm³/mol. The van der Waals surface area contributed by atoms with Crippen LogP contribution in [0.1, 0.15) is 6.92 Å². The van der Waals surface area contributed by atoms with Crippen LogP contribution in [-0.2, 0) is 9.59 Å². The molecule has 0 bridgehead atoms. The molecule has 3 rings (SSSR count). The van der Waals surface area contributed by atoms with Crippen molar-refractivity contribution in [3.05, 3.63) is 35.2 Å². The standard InChI is InChI=1S/C17H17F2N3O3S/c1-9-5-22(6-11(9)16(24)25)7-15(23)21-17-20-14(8-26-17)10-2-3-12(18)13(19)4-10/h2-4,8-9,11H,5-7H2,1H3,(H,24,25)(H,20,21,23)/t9-,11-/m1/s1. The number of aliphatic carboxylic acids is 1. The topological polar surface area (TPSA) is 82.5 Å². The van der Waals surface area contributed by atoms with E-state index in [0.29, 0.717) is 29.5 Å². The van der Waals surface area contributed by atoms with E-state index in [1.54, 1.807) is 10.3 Å². The van der Waals surface area contributed by atoms with Gasteiger partial charge in [0, 0.05) is 24.0 Å². The Kier molecular flexibility index (Phi) is 5.28. The Balaban J connectivity index is 1.60. The number of hydrogen-bond donors (Lipinski definition) is 2. The number of halogens is 2. The highest BCUT2D eigenvalue weighted by Gasteiger charge is 2.35. The Morgan fingerprint density at radius 1 is 1.35 bits per heavy atom. The molecule has 6 nitrogen and oxygen atoms in total. The van der Waals surface area contributed by atoms with Gasteiger partial charge in [-0.25, -0.2) is 13.8 Å². The van der Waals surface area contributed by atoms with Gasteiger partial charge in [0.2, 0.25) is 5.91 Å². The first-order chi connectivity index (χ1) is 12.3. The van der Waals surface area contributed by atoms with Crippen molar-refractivity contribution in [3.63, 3.8) is 0 Å². The minimum absolute atomic E-state index is 0.0138. The third-order valence-corrected chi connectivity index (χ3v) is 5.10. The molecule has 0 saturated carbocycles. The molecule has 1 aromatic carbocycles. The molecule has 0 radical (unpaired) electrons. The summed E-state index contributed by atoms with van der Waals surface area (Å²) in [4.78, 5) is 29.3. The number of benzene rings is 1. The SMILES string of the molecule is C[C@@H]1CN(CC(=O)Nc2nc(-c3ccc(F)c(F)c3)cs2)C[C@H]1C(=O)O. The molecule has 1 amide bonds. The van der Waals surface area contributed by atoms with Gasteiger partial charge in [-0.1, -0.05) is 6.92 Å². The molecule has 2 heterocycles. The molecule has 9 heteroatoms.